The van der Waals surface area contributed by atoms with Crippen molar-refractivity contribution in [3.63, 3.8) is 0 Å². The second-order valence-electron chi connectivity index (χ2n) is 6.01. The van der Waals surface area contributed by atoms with Gasteiger partial charge in [0.15, 0.2) is 11.5 Å². The van der Waals surface area contributed by atoms with Crippen molar-refractivity contribution >= 4 is 22.8 Å². The van der Waals surface area contributed by atoms with Crippen LogP contribution in [0.3, 0.4) is 0 Å². The predicted molar refractivity (Wildman–Crippen MR) is 98.7 cm³/mol. The molecule has 0 fully saturated rings. The van der Waals surface area contributed by atoms with Gasteiger partial charge in [-0.05, 0) is 43.2 Å². The third kappa shape index (κ3) is 3.15. The van der Waals surface area contributed by atoms with Crippen molar-refractivity contribution in [2.75, 3.05) is 18.7 Å². The zero-order chi connectivity index (χ0) is 17.9. The van der Waals surface area contributed by atoms with E-state index in [4.69, 9.17) is 9.47 Å². The van der Waals surface area contributed by atoms with Gasteiger partial charge in [-0.25, -0.2) is 9.78 Å². The second kappa shape index (κ2) is 6.95. The molecule has 1 aromatic carbocycles. The highest BCUT2D eigenvalue weighted by molar-refractivity contribution is 5.89. The molecular formula is C19H20N4O3. The molecule has 26 heavy (non-hydrogen) atoms. The van der Waals surface area contributed by atoms with Crippen molar-refractivity contribution < 1.29 is 14.3 Å². The number of fused-ring (bicyclic) bond motifs is 2. The minimum atomic E-state index is -0.249. The SMILES string of the molecule is CCn1cc(CCNC(=O)Nc2ccc3c(c2)OCO3)c2cccnc21. The number of urea groups is 1. The minimum absolute atomic E-state index is 0.213. The number of nitrogens with zero attached hydrogens (tertiary/aromatic N) is 2. The van der Waals surface area contributed by atoms with Gasteiger partial charge >= 0.3 is 6.03 Å². The van der Waals surface area contributed by atoms with Crippen LogP contribution in [0.4, 0.5) is 10.5 Å². The maximum atomic E-state index is 12.1. The smallest absolute Gasteiger partial charge is 0.319 e. The highest BCUT2D eigenvalue weighted by Gasteiger charge is 2.14. The van der Waals surface area contributed by atoms with Crippen molar-refractivity contribution in [1.82, 2.24) is 14.9 Å². The highest BCUT2D eigenvalue weighted by Crippen LogP contribution is 2.34. The number of hydrogen-bond donors (Lipinski definition) is 2. The van der Waals surface area contributed by atoms with Gasteiger partial charge in [0.05, 0.1) is 0 Å². The van der Waals surface area contributed by atoms with Gasteiger partial charge in [0.25, 0.3) is 0 Å². The summed E-state index contributed by atoms with van der Waals surface area (Å²) in [5, 5.41) is 6.83. The molecular weight excluding hydrogens is 332 g/mol. The van der Waals surface area contributed by atoms with Gasteiger partial charge in [-0.3, -0.25) is 0 Å². The van der Waals surface area contributed by atoms with Crippen LogP contribution in [0.15, 0.2) is 42.7 Å². The van der Waals surface area contributed by atoms with Crippen LogP contribution in [0.25, 0.3) is 11.0 Å². The van der Waals surface area contributed by atoms with E-state index in [1.165, 1.54) is 5.56 Å². The molecule has 1 aliphatic rings. The first-order valence-corrected chi connectivity index (χ1v) is 8.62. The summed E-state index contributed by atoms with van der Waals surface area (Å²) in [5.41, 5.74) is 2.83. The van der Waals surface area contributed by atoms with Crippen LogP contribution in [0.1, 0.15) is 12.5 Å². The third-order valence-electron chi connectivity index (χ3n) is 4.37. The van der Waals surface area contributed by atoms with Gasteiger partial charge in [-0.1, -0.05) is 0 Å². The molecule has 0 bridgehead atoms. The van der Waals surface area contributed by atoms with Crippen LogP contribution in [-0.4, -0.2) is 28.9 Å². The number of nitrogens with one attached hydrogen (secondary N) is 2. The molecule has 3 aromatic rings. The van der Waals surface area contributed by atoms with E-state index in [1.54, 1.807) is 24.4 Å². The number of rotatable bonds is 5. The monoisotopic (exact) mass is 352 g/mol. The largest absolute Gasteiger partial charge is 0.454 e. The van der Waals surface area contributed by atoms with E-state index in [0.29, 0.717) is 23.7 Å². The van der Waals surface area contributed by atoms with Crippen molar-refractivity contribution in [1.29, 1.82) is 0 Å². The molecule has 3 heterocycles. The van der Waals surface area contributed by atoms with E-state index in [-0.39, 0.29) is 12.8 Å². The molecule has 0 saturated carbocycles. The number of aromatic nitrogens is 2. The van der Waals surface area contributed by atoms with Crippen molar-refractivity contribution in [3.8, 4) is 11.5 Å². The van der Waals surface area contributed by atoms with Crippen LogP contribution in [0.5, 0.6) is 11.5 Å². The molecule has 0 radical (unpaired) electrons. The number of carbonyl (C=O) groups is 1. The average molecular weight is 352 g/mol. The number of benzene rings is 1. The summed E-state index contributed by atoms with van der Waals surface area (Å²) >= 11 is 0. The maximum Gasteiger partial charge on any atom is 0.319 e. The summed E-state index contributed by atoms with van der Waals surface area (Å²) in [7, 11) is 0. The summed E-state index contributed by atoms with van der Waals surface area (Å²) in [5.74, 6) is 1.33. The average Bonchev–Trinajstić information content (AvgIpc) is 3.26. The molecule has 0 unspecified atom stereocenters. The second-order valence-corrected chi connectivity index (χ2v) is 6.01. The molecule has 0 atom stereocenters. The van der Waals surface area contributed by atoms with E-state index >= 15 is 0 Å². The fourth-order valence-corrected chi connectivity index (χ4v) is 3.10. The summed E-state index contributed by atoms with van der Waals surface area (Å²) in [6.45, 7) is 3.71. The molecule has 4 rings (SSSR count). The van der Waals surface area contributed by atoms with Crippen LogP contribution in [-0.2, 0) is 13.0 Å². The quantitative estimate of drug-likeness (QED) is 0.739. The zero-order valence-corrected chi connectivity index (χ0v) is 14.5. The predicted octanol–water partition coefficient (Wildman–Crippen LogP) is 3.15. The lowest BCUT2D eigenvalue weighted by molar-refractivity contribution is 0.174. The van der Waals surface area contributed by atoms with Gasteiger partial charge in [-0.2, -0.15) is 0 Å². The number of carbonyl (C=O) groups excluding carboxylic acids is 1. The fourth-order valence-electron chi connectivity index (χ4n) is 3.10. The number of pyridine rings is 1. The molecule has 0 spiro atoms. The Kier molecular flexibility index (Phi) is 4.35. The van der Waals surface area contributed by atoms with Crippen LogP contribution < -0.4 is 20.1 Å². The van der Waals surface area contributed by atoms with Gasteiger partial charge in [0.1, 0.15) is 5.65 Å². The third-order valence-corrected chi connectivity index (χ3v) is 4.37. The van der Waals surface area contributed by atoms with Gasteiger partial charge in [0.2, 0.25) is 6.79 Å². The topological polar surface area (TPSA) is 77.4 Å². The fraction of sp³-hybridized carbons (Fsp3) is 0.263. The number of anilines is 1. The Morgan fingerprint density at radius 1 is 1.27 bits per heavy atom. The van der Waals surface area contributed by atoms with E-state index in [1.807, 2.05) is 6.07 Å². The zero-order valence-electron chi connectivity index (χ0n) is 14.5. The number of ether oxygens (including phenoxy) is 2. The van der Waals surface area contributed by atoms with Gasteiger partial charge < -0.3 is 24.7 Å². The molecule has 134 valence electrons. The minimum Gasteiger partial charge on any atom is -0.454 e. The lowest BCUT2D eigenvalue weighted by Gasteiger charge is -2.08. The highest BCUT2D eigenvalue weighted by atomic mass is 16.7. The lowest BCUT2D eigenvalue weighted by Crippen LogP contribution is -2.30. The molecule has 1 aliphatic heterocycles. The number of aryl methyl sites for hydroxylation is 1. The first kappa shape index (κ1) is 16.3. The Morgan fingerprint density at radius 2 is 2.15 bits per heavy atom. The Morgan fingerprint density at radius 3 is 3.04 bits per heavy atom. The first-order valence-electron chi connectivity index (χ1n) is 8.62. The molecule has 7 nitrogen and oxygen atoms in total. The summed E-state index contributed by atoms with van der Waals surface area (Å²) in [6.07, 6.45) is 4.65. The van der Waals surface area contributed by atoms with Gasteiger partial charge in [-0.15, -0.1) is 0 Å². The Labute approximate surface area is 150 Å². The molecule has 2 amide bonds. The Bertz CT molecular complexity index is 951. The first-order chi connectivity index (χ1) is 12.7. The van der Waals surface area contributed by atoms with E-state index < -0.39 is 0 Å². The van der Waals surface area contributed by atoms with Crippen molar-refractivity contribution in [3.05, 3.63) is 48.3 Å². The Balaban J connectivity index is 1.35. The van der Waals surface area contributed by atoms with E-state index in [2.05, 4.69) is 39.4 Å². The molecule has 0 saturated heterocycles. The lowest BCUT2D eigenvalue weighted by atomic mass is 10.1. The molecule has 7 heteroatoms. The van der Waals surface area contributed by atoms with Gasteiger partial charge in [0, 0.05) is 42.6 Å². The molecule has 0 aliphatic carbocycles. The van der Waals surface area contributed by atoms with E-state index in [9.17, 15) is 4.79 Å². The maximum absolute atomic E-state index is 12.1. The molecule has 2 N–H and O–H groups in total. The van der Waals surface area contributed by atoms with Crippen molar-refractivity contribution in [2.45, 2.75) is 19.9 Å². The van der Waals surface area contributed by atoms with Crippen LogP contribution in [0.2, 0.25) is 0 Å². The number of hydrogen-bond acceptors (Lipinski definition) is 4. The van der Waals surface area contributed by atoms with Crippen LogP contribution >= 0.6 is 0 Å². The number of amides is 2. The van der Waals surface area contributed by atoms with E-state index in [0.717, 1.165) is 24.0 Å². The van der Waals surface area contributed by atoms with Crippen molar-refractivity contribution in [2.24, 2.45) is 0 Å². The van der Waals surface area contributed by atoms with Crippen LogP contribution in [0, 0.1) is 0 Å². The summed E-state index contributed by atoms with van der Waals surface area (Å²) in [6, 6.07) is 9.07. The summed E-state index contributed by atoms with van der Waals surface area (Å²) < 4.78 is 12.7. The standard InChI is InChI=1S/C19H20N4O3/c1-2-23-11-13(15-4-3-8-20-18(15)23)7-9-21-19(24)22-14-5-6-16-17(10-14)26-12-25-16/h3-6,8,10-11H,2,7,9,12H2,1H3,(H2,21,22,24). The normalized spacial score (nSPS) is 12.3. The molecule has 2 aromatic heterocycles. The Hall–Kier alpha value is -3.22. The summed E-state index contributed by atoms with van der Waals surface area (Å²) in [4.78, 5) is 16.6.